The third kappa shape index (κ3) is 45.7. The molecule has 0 aromatic carbocycles. The van der Waals surface area contributed by atoms with Crippen molar-refractivity contribution in [1.82, 2.24) is 0 Å². The summed E-state index contributed by atoms with van der Waals surface area (Å²) in [6.07, 6.45) is 8.15. The molecular formula is C12H16FeO5. The molecule has 2 N–H and O–H groups in total. The summed E-state index contributed by atoms with van der Waals surface area (Å²) >= 11 is 0. The fourth-order valence-corrected chi connectivity index (χ4v) is 0.700. The van der Waals surface area contributed by atoms with Gasteiger partial charge in [-0.25, -0.2) is 0 Å². The third-order valence-corrected chi connectivity index (χ3v) is 1.29. The molecule has 102 valence electrons. The number of aliphatic hydroxyl groups is 2. The standard InChI is InChI=1S/C9H16O2.3CO.Fe/c1-2-3-4-6-9(11)7-5-8-10;3*1-2;/h2-4,6,9-11H,5,7-8H2,1H3;;;;/b3-2+,6-4+;;;;. The first-order chi connectivity index (χ1) is 8.31. The van der Waals surface area contributed by atoms with Crippen molar-refractivity contribution in [3.05, 3.63) is 44.3 Å². The van der Waals surface area contributed by atoms with Crippen LogP contribution in [0.4, 0.5) is 0 Å². The minimum absolute atomic E-state index is 0. The second-order valence-corrected chi connectivity index (χ2v) is 2.34. The Bertz CT molecular complexity index is 216. The Balaban J connectivity index is -0.0000000700. The van der Waals surface area contributed by atoms with Gasteiger partial charge in [-0.15, -0.1) is 0 Å². The molecule has 0 fully saturated rings. The largest absolute Gasteiger partial charge is 0 e. The molecular weight excluding hydrogens is 280 g/mol. The molecule has 0 aliphatic rings. The summed E-state index contributed by atoms with van der Waals surface area (Å²) < 4.78 is 22.5. The fraction of sp³-hybridized carbons (Fsp3) is 0.417. The van der Waals surface area contributed by atoms with Gasteiger partial charge in [-0.2, -0.15) is 0 Å². The zero-order valence-corrected chi connectivity index (χ0v) is 11.1. The molecule has 1 atom stereocenters. The molecule has 0 saturated heterocycles. The molecule has 0 aromatic rings. The van der Waals surface area contributed by atoms with Gasteiger partial charge >= 0.3 is 33.9 Å². The van der Waals surface area contributed by atoms with E-state index >= 15 is 0 Å². The molecule has 0 aliphatic heterocycles. The maximum absolute atomic E-state index is 9.18. The molecule has 0 bridgehead atoms. The molecule has 0 aromatic heterocycles. The van der Waals surface area contributed by atoms with Crippen molar-refractivity contribution in [1.29, 1.82) is 0 Å². The average molecular weight is 296 g/mol. The van der Waals surface area contributed by atoms with E-state index in [9.17, 15) is 5.11 Å². The van der Waals surface area contributed by atoms with Crippen LogP contribution in [0.5, 0.6) is 0 Å². The molecule has 1 unspecified atom stereocenters. The Hall–Kier alpha value is -0.861. The average Bonchev–Trinajstić information content (AvgIpc) is 2.43. The van der Waals surface area contributed by atoms with Gasteiger partial charge in [0, 0.05) is 23.7 Å². The minimum Gasteiger partial charge on any atom is 0 e. The maximum atomic E-state index is 9.18. The van der Waals surface area contributed by atoms with Crippen molar-refractivity contribution in [2.45, 2.75) is 25.9 Å². The van der Waals surface area contributed by atoms with E-state index in [4.69, 9.17) is 19.1 Å². The molecule has 0 spiro atoms. The first-order valence-corrected chi connectivity index (χ1v) is 4.51. The third-order valence-electron chi connectivity index (χ3n) is 1.29. The van der Waals surface area contributed by atoms with Crippen molar-refractivity contribution in [2.24, 2.45) is 0 Å². The molecule has 0 aliphatic carbocycles. The van der Waals surface area contributed by atoms with Crippen LogP contribution in [-0.2, 0) is 31.0 Å². The van der Waals surface area contributed by atoms with E-state index in [1.807, 2.05) is 25.2 Å². The van der Waals surface area contributed by atoms with Crippen LogP contribution in [0.15, 0.2) is 24.3 Å². The molecule has 0 heterocycles. The molecule has 0 rings (SSSR count). The van der Waals surface area contributed by atoms with Gasteiger partial charge in [0.2, 0.25) is 0 Å². The predicted octanol–water partition coefficient (Wildman–Crippen LogP) is 1.14. The number of hydrogen-bond donors (Lipinski definition) is 2. The summed E-state index contributed by atoms with van der Waals surface area (Å²) in [4.78, 5) is 0. The molecule has 0 saturated carbocycles. The van der Waals surface area contributed by atoms with Crippen LogP contribution < -0.4 is 0 Å². The van der Waals surface area contributed by atoms with Gasteiger partial charge in [0.1, 0.15) is 0 Å². The van der Waals surface area contributed by atoms with Crippen LogP contribution in [-0.4, -0.2) is 22.9 Å². The molecule has 18 heavy (non-hydrogen) atoms. The second-order valence-electron chi connectivity index (χ2n) is 2.34. The van der Waals surface area contributed by atoms with Gasteiger partial charge in [-0.05, 0) is 19.8 Å². The van der Waals surface area contributed by atoms with Crippen LogP contribution in [0, 0.1) is 20.0 Å². The normalized spacial score (nSPS) is 9.39. The van der Waals surface area contributed by atoms with Crippen molar-refractivity contribution in [2.75, 3.05) is 6.61 Å². The first-order valence-electron chi connectivity index (χ1n) is 4.51. The maximum Gasteiger partial charge on any atom is 0 e. The van der Waals surface area contributed by atoms with Crippen molar-refractivity contribution < 1.29 is 41.2 Å². The quantitative estimate of drug-likeness (QED) is 0.344. The number of hydrogen-bond acceptors (Lipinski definition) is 2. The number of aliphatic hydroxyl groups excluding tert-OH is 2. The van der Waals surface area contributed by atoms with Crippen LogP contribution in [0.25, 0.3) is 0 Å². The second kappa shape index (κ2) is 44.3. The van der Waals surface area contributed by atoms with E-state index in [0.717, 1.165) is 0 Å². The van der Waals surface area contributed by atoms with Crippen LogP contribution in [0.1, 0.15) is 19.8 Å². The Morgan fingerprint density at radius 3 is 1.83 bits per heavy atom. The van der Waals surface area contributed by atoms with Gasteiger partial charge in [-0.3, -0.25) is 0 Å². The van der Waals surface area contributed by atoms with E-state index < -0.39 is 6.10 Å². The zero-order chi connectivity index (χ0) is 14.5. The Labute approximate surface area is 118 Å². The van der Waals surface area contributed by atoms with Gasteiger partial charge in [-0.1, -0.05) is 24.3 Å². The number of rotatable bonds is 5. The van der Waals surface area contributed by atoms with E-state index in [-0.39, 0.29) is 23.7 Å². The van der Waals surface area contributed by atoms with Gasteiger partial charge in [0.05, 0.1) is 6.10 Å². The summed E-state index contributed by atoms with van der Waals surface area (Å²) in [6.45, 7) is 15.6. The van der Waals surface area contributed by atoms with Crippen LogP contribution >= 0.6 is 0 Å². The molecule has 5 nitrogen and oxygen atoms in total. The topological polar surface area (TPSA) is 100 Å². The monoisotopic (exact) mass is 296 g/mol. The SMILES string of the molecule is C/C=C/C=C/C(O)CCCO.[C-]#[O+].[C-]#[O+].[C-]#[O+].[Fe]. The Kier molecular flexibility index (Phi) is 74.5. The predicted molar refractivity (Wildman–Crippen MR) is 58.1 cm³/mol. The van der Waals surface area contributed by atoms with E-state index in [0.29, 0.717) is 12.8 Å². The van der Waals surface area contributed by atoms with Gasteiger partial charge in [0.25, 0.3) is 0 Å². The summed E-state index contributed by atoms with van der Waals surface area (Å²) in [6, 6.07) is 0. The summed E-state index contributed by atoms with van der Waals surface area (Å²) in [7, 11) is 0. The van der Waals surface area contributed by atoms with E-state index in [1.54, 1.807) is 6.08 Å². The Morgan fingerprint density at radius 1 is 1.06 bits per heavy atom. The summed E-state index contributed by atoms with van der Waals surface area (Å²) in [5.41, 5.74) is 0. The summed E-state index contributed by atoms with van der Waals surface area (Å²) in [5.74, 6) is 0. The minimum atomic E-state index is -0.418. The van der Waals surface area contributed by atoms with Crippen molar-refractivity contribution in [3.8, 4) is 0 Å². The first kappa shape index (κ1) is 30.3. The molecule has 6 heteroatoms. The number of allylic oxidation sites excluding steroid dienone is 3. The van der Waals surface area contributed by atoms with Crippen molar-refractivity contribution in [3.63, 3.8) is 0 Å². The van der Waals surface area contributed by atoms with E-state index in [1.165, 1.54) is 0 Å². The molecule has 0 radical (unpaired) electrons. The van der Waals surface area contributed by atoms with Crippen LogP contribution in [0.2, 0.25) is 0 Å². The van der Waals surface area contributed by atoms with Crippen LogP contribution in [0.3, 0.4) is 0 Å². The van der Waals surface area contributed by atoms with E-state index in [2.05, 4.69) is 20.0 Å². The van der Waals surface area contributed by atoms with Crippen molar-refractivity contribution >= 4 is 0 Å². The zero-order valence-electron chi connectivity index (χ0n) is 9.98. The van der Waals surface area contributed by atoms with Gasteiger partial charge in [0.15, 0.2) is 0 Å². The molecule has 0 amide bonds. The summed E-state index contributed by atoms with van der Waals surface area (Å²) in [5, 5.41) is 17.6. The Morgan fingerprint density at radius 2 is 1.50 bits per heavy atom. The fourth-order valence-electron chi connectivity index (χ4n) is 0.700. The smallest absolute Gasteiger partial charge is 0 e. The van der Waals surface area contributed by atoms with Gasteiger partial charge < -0.3 is 10.2 Å².